The van der Waals surface area contributed by atoms with Gasteiger partial charge >= 0.3 is 0 Å². The molecule has 2 aromatic carbocycles. The van der Waals surface area contributed by atoms with Crippen LogP contribution in [0.25, 0.3) is 0 Å². The Bertz CT molecular complexity index is 860. The molecule has 0 heterocycles. The van der Waals surface area contributed by atoms with E-state index in [1.54, 1.807) is 0 Å². The van der Waals surface area contributed by atoms with E-state index in [2.05, 4.69) is 41.5 Å². The van der Waals surface area contributed by atoms with Crippen LogP contribution in [-0.4, -0.2) is 8.42 Å². The Balaban J connectivity index is 1.69. The first-order valence-electron chi connectivity index (χ1n) is 8.79. The molecule has 0 saturated carbocycles. The lowest BCUT2D eigenvalue weighted by molar-refractivity contribution is 0.540. The van der Waals surface area contributed by atoms with Crippen LogP contribution >= 0.6 is 0 Å². The minimum Gasteiger partial charge on any atom is -0.198 e. The molecule has 2 N–H and O–H groups in total. The van der Waals surface area contributed by atoms with Crippen molar-refractivity contribution in [1.29, 1.82) is 0 Å². The Hall–Kier alpha value is -1.69. The van der Waals surface area contributed by atoms with E-state index in [4.69, 9.17) is 0 Å². The van der Waals surface area contributed by atoms with E-state index in [-0.39, 0.29) is 6.04 Å². The minimum absolute atomic E-state index is 0.149. The molecule has 25 heavy (non-hydrogen) atoms. The van der Waals surface area contributed by atoms with Gasteiger partial charge in [0, 0.05) is 12.6 Å². The van der Waals surface area contributed by atoms with Crippen molar-refractivity contribution in [3.8, 4) is 0 Å². The lowest BCUT2D eigenvalue weighted by Crippen LogP contribution is -2.37. The fourth-order valence-corrected chi connectivity index (χ4v) is 4.39. The van der Waals surface area contributed by atoms with Gasteiger partial charge in [-0.15, -0.1) is 0 Å². The molecular formula is C20H26N2O2S. The van der Waals surface area contributed by atoms with Gasteiger partial charge in [0.2, 0.25) is 0 Å². The van der Waals surface area contributed by atoms with Crippen LogP contribution in [0.2, 0.25) is 0 Å². The van der Waals surface area contributed by atoms with Crippen molar-refractivity contribution in [3.63, 3.8) is 0 Å². The maximum atomic E-state index is 12.5. The Morgan fingerprint density at radius 2 is 1.96 bits per heavy atom. The second kappa shape index (κ2) is 7.28. The first kappa shape index (κ1) is 18.1. The van der Waals surface area contributed by atoms with E-state index in [1.165, 1.54) is 11.1 Å². The molecule has 0 aromatic heterocycles. The van der Waals surface area contributed by atoms with E-state index in [0.29, 0.717) is 12.5 Å². The van der Waals surface area contributed by atoms with Crippen molar-refractivity contribution in [3.05, 3.63) is 70.3 Å². The highest BCUT2D eigenvalue weighted by Gasteiger charge is 2.26. The fraction of sp³-hybridized carbons (Fsp3) is 0.400. The van der Waals surface area contributed by atoms with E-state index < -0.39 is 10.2 Å². The number of hydrogen-bond donors (Lipinski definition) is 2. The topological polar surface area (TPSA) is 58.2 Å². The second-order valence-corrected chi connectivity index (χ2v) is 8.67. The van der Waals surface area contributed by atoms with Gasteiger partial charge in [-0.3, -0.25) is 0 Å². The molecule has 134 valence electrons. The summed E-state index contributed by atoms with van der Waals surface area (Å²) < 4.78 is 30.4. The molecule has 3 rings (SSSR count). The average molecular weight is 359 g/mol. The van der Waals surface area contributed by atoms with Gasteiger partial charge in [0.05, 0.1) is 0 Å². The Morgan fingerprint density at radius 3 is 2.68 bits per heavy atom. The molecule has 0 fully saturated rings. The first-order valence-corrected chi connectivity index (χ1v) is 10.3. The summed E-state index contributed by atoms with van der Waals surface area (Å²) in [7, 11) is -3.55. The van der Waals surface area contributed by atoms with Crippen LogP contribution in [0.5, 0.6) is 0 Å². The highest BCUT2D eigenvalue weighted by Crippen LogP contribution is 2.33. The molecule has 0 bridgehead atoms. The lowest BCUT2D eigenvalue weighted by atomic mass is 9.98. The van der Waals surface area contributed by atoms with Crippen LogP contribution < -0.4 is 9.44 Å². The number of rotatable bonds is 6. The third-order valence-corrected chi connectivity index (χ3v) is 5.88. The van der Waals surface area contributed by atoms with Crippen molar-refractivity contribution in [2.24, 2.45) is 0 Å². The number of aryl methyl sites for hydroxylation is 2. The van der Waals surface area contributed by atoms with Crippen LogP contribution in [0.3, 0.4) is 0 Å². The highest BCUT2D eigenvalue weighted by atomic mass is 32.2. The van der Waals surface area contributed by atoms with Crippen LogP contribution in [0.15, 0.2) is 42.5 Å². The molecule has 1 aliphatic carbocycles. The molecule has 0 saturated heterocycles. The van der Waals surface area contributed by atoms with Gasteiger partial charge in [0.1, 0.15) is 0 Å². The molecule has 0 spiro atoms. The molecular weight excluding hydrogens is 332 g/mol. The van der Waals surface area contributed by atoms with Crippen LogP contribution in [0.4, 0.5) is 0 Å². The largest absolute Gasteiger partial charge is 0.277 e. The van der Waals surface area contributed by atoms with Crippen molar-refractivity contribution in [2.75, 3.05) is 0 Å². The highest BCUT2D eigenvalue weighted by molar-refractivity contribution is 7.87. The Labute approximate surface area is 150 Å². The van der Waals surface area contributed by atoms with Gasteiger partial charge in [0.15, 0.2) is 0 Å². The van der Waals surface area contributed by atoms with Crippen LogP contribution in [-0.2, 0) is 23.2 Å². The fourth-order valence-electron chi connectivity index (χ4n) is 3.33. The van der Waals surface area contributed by atoms with Gasteiger partial charge in [0.25, 0.3) is 10.2 Å². The number of nitrogens with one attached hydrogen (secondary N) is 2. The summed E-state index contributed by atoms with van der Waals surface area (Å²) in [6.07, 6.45) is 1.72. The van der Waals surface area contributed by atoms with Gasteiger partial charge in [-0.2, -0.15) is 17.9 Å². The molecule has 1 unspecified atom stereocenters. The number of hydrogen-bond acceptors (Lipinski definition) is 2. The van der Waals surface area contributed by atoms with Crippen molar-refractivity contribution >= 4 is 10.2 Å². The van der Waals surface area contributed by atoms with Gasteiger partial charge in [-0.25, -0.2) is 0 Å². The summed E-state index contributed by atoms with van der Waals surface area (Å²) in [5.74, 6) is 0.433. The quantitative estimate of drug-likeness (QED) is 0.827. The number of benzene rings is 2. The predicted molar refractivity (Wildman–Crippen MR) is 102 cm³/mol. The maximum Gasteiger partial charge on any atom is 0.277 e. The molecule has 1 atom stereocenters. The molecule has 0 amide bonds. The van der Waals surface area contributed by atoms with Crippen molar-refractivity contribution < 1.29 is 8.42 Å². The van der Waals surface area contributed by atoms with E-state index in [1.807, 2.05) is 31.2 Å². The van der Waals surface area contributed by atoms with E-state index in [0.717, 1.165) is 29.5 Å². The SMILES string of the molecule is Cc1cccc(CNS(=O)(=O)NC2CCc3ccc(C(C)C)cc32)c1. The Morgan fingerprint density at radius 1 is 1.16 bits per heavy atom. The maximum absolute atomic E-state index is 12.5. The normalized spacial score (nSPS) is 17.0. The third-order valence-electron chi connectivity index (χ3n) is 4.76. The first-order chi connectivity index (χ1) is 11.8. The summed E-state index contributed by atoms with van der Waals surface area (Å²) >= 11 is 0. The number of fused-ring (bicyclic) bond motifs is 1. The van der Waals surface area contributed by atoms with Gasteiger partial charge in [-0.05, 0) is 47.9 Å². The monoisotopic (exact) mass is 358 g/mol. The molecule has 0 radical (unpaired) electrons. The molecule has 0 aliphatic heterocycles. The summed E-state index contributed by atoms with van der Waals surface area (Å²) in [6, 6.07) is 14.1. The van der Waals surface area contributed by atoms with Crippen molar-refractivity contribution in [2.45, 2.75) is 52.1 Å². The zero-order valence-corrected chi connectivity index (χ0v) is 15.9. The van der Waals surface area contributed by atoms with Crippen LogP contribution in [0.1, 0.15) is 60.0 Å². The molecule has 4 nitrogen and oxygen atoms in total. The molecule has 5 heteroatoms. The second-order valence-electron chi connectivity index (χ2n) is 7.14. The summed E-state index contributed by atoms with van der Waals surface area (Å²) in [5, 5.41) is 0. The Kier molecular flexibility index (Phi) is 5.27. The average Bonchev–Trinajstić information content (AvgIpc) is 2.95. The predicted octanol–water partition coefficient (Wildman–Crippen LogP) is 3.73. The summed E-state index contributed by atoms with van der Waals surface area (Å²) in [6.45, 7) is 6.60. The minimum atomic E-state index is -3.55. The van der Waals surface area contributed by atoms with E-state index in [9.17, 15) is 8.42 Å². The molecule has 1 aliphatic rings. The standard InChI is InChI=1S/C20H26N2O2S/c1-14(2)18-8-7-17-9-10-20(19(17)12-18)22-25(23,24)21-13-16-6-4-5-15(3)11-16/h4-8,11-12,14,20-22H,9-10,13H2,1-3H3. The zero-order valence-electron chi connectivity index (χ0n) is 15.0. The van der Waals surface area contributed by atoms with Gasteiger partial charge < -0.3 is 0 Å². The lowest BCUT2D eigenvalue weighted by Gasteiger charge is -2.17. The smallest absolute Gasteiger partial charge is 0.198 e. The van der Waals surface area contributed by atoms with E-state index >= 15 is 0 Å². The zero-order chi connectivity index (χ0) is 18.0. The summed E-state index contributed by atoms with van der Waals surface area (Å²) in [4.78, 5) is 0. The third kappa shape index (κ3) is 4.48. The van der Waals surface area contributed by atoms with Crippen molar-refractivity contribution in [1.82, 2.24) is 9.44 Å². The molecule has 2 aromatic rings. The summed E-state index contributed by atoms with van der Waals surface area (Å²) in [5.41, 5.74) is 5.69. The van der Waals surface area contributed by atoms with Crippen LogP contribution in [0, 0.1) is 6.92 Å². The van der Waals surface area contributed by atoms with Gasteiger partial charge in [-0.1, -0.05) is 61.9 Å².